The van der Waals surface area contributed by atoms with Crippen molar-refractivity contribution in [1.82, 2.24) is 10.0 Å². The molecule has 2 aromatic rings. The van der Waals surface area contributed by atoms with Gasteiger partial charge in [0.15, 0.2) is 0 Å². The van der Waals surface area contributed by atoms with Crippen LogP contribution in [-0.2, 0) is 10.0 Å². The highest BCUT2D eigenvalue weighted by atomic mass is 32.2. The smallest absolute Gasteiger partial charge is 0.251 e. The van der Waals surface area contributed by atoms with E-state index in [1.54, 1.807) is 13.2 Å². The van der Waals surface area contributed by atoms with Gasteiger partial charge in [-0.15, -0.1) is 0 Å². The molecule has 1 amide bonds. The number of benzene rings is 2. The van der Waals surface area contributed by atoms with Gasteiger partial charge in [0.05, 0.1) is 18.0 Å². The van der Waals surface area contributed by atoms with E-state index in [0.717, 1.165) is 11.3 Å². The van der Waals surface area contributed by atoms with Crippen molar-refractivity contribution < 1.29 is 17.9 Å². The summed E-state index contributed by atoms with van der Waals surface area (Å²) >= 11 is 0. The molecule has 6 nitrogen and oxygen atoms in total. The molecule has 24 heavy (non-hydrogen) atoms. The van der Waals surface area contributed by atoms with E-state index in [1.807, 2.05) is 31.2 Å². The van der Waals surface area contributed by atoms with Crippen LogP contribution in [0.1, 0.15) is 28.9 Å². The predicted molar refractivity (Wildman–Crippen MR) is 91.6 cm³/mol. The summed E-state index contributed by atoms with van der Waals surface area (Å²) in [5.41, 5.74) is 1.20. The first-order chi connectivity index (χ1) is 11.4. The molecule has 7 heteroatoms. The molecule has 2 rings (SSSR count). The van der Waals surface area contributed by atoms with Gasteiger partial charge in [-0.25, -0.2) is 13.1 Å². The normalized spacial score (nSPS) is 12.5. The molecule has 0 unspecified atom stereocenters. The fourth-order valence-corrected chi connectivity index (χ4v) is 2.95. The molecule has 0 fully saturated rings. The first-order valence-corrected chi connectivity index (χ1v) is 8.84. The van der Waals surface area contributed by atoms with Crippen molar-refractivity contribution in [2.75, 3.05) is 14.2 Å². The van der Waals surface area contributed by atoms with Gasteiger partial charge in [-0.3, -0.25) is 4.79 Å². The monoisotopic (exact) mass is 348 g/mol. The van der Waals surface area contributed by atoms with E-state index >= 15 is 0 Å². The van der Waals surface area contributed by atoms with E-state index in [0.29, 0.717) is 0 Å². The predicted octanol–water partition coefficient (Wildman–Crippen LogP) is 2.09. The molecule has 0 radical (unpaired) electrons. The van der Waals surface area contributed by atoms with Crippen molar-refractivity contribution in [1.29, 1.82) is 0 Å². The maximum Gasteiger partial charge on any atom is 0.251 e. The fraction of sp³-hybridized carbons (Fsp3) is 0.235. The summed E-state index contributed by atoms with van der Waals surface area (Å²) in [6, 6.07) is 13.0. The molecule has 0 heterocycles. The van der Waals surface area contributed by atoms with E-state index in [9.17, 15) is 13.2 Å². The minimum Gasteiger partial charge on any atom is -0.497 e. The van der Waals surface area contributed by atoms with Crippen LogP contribution in [0.4, 0.5) is 0 Å². The molecule has 0 aliphatic heterocycles. The molecule has 2 N–H and O–H groups in total. The minimum atomic E-state index is -3.59. The van der Waals surface area contributed by atoms with Crippen molar-refractivity contribution in [3.05, 3.63) is 59.7 Å². The zero-order valence-electron chi connectivity index (χ0n) is 13.7. The molecule has 0 saturated carbocycles. The number of methoxy groups -OCH3 is 1. The van der Waals surface area contributed by atoms with Gasteiger partial charge in [0.25, 0.3) is 5.91 Å². The Morgan fingerprint density at radius 3 is 2.38 bits per heavy atom. The van der Waals surface area contributed by atoms with E-state index < -0.39 is 10.0 Å². The number of carbonyl (C=O) groups excluding carboxylic acids is 1. The Bertz CT molecular complexity index is 817. The number of amides is 1. The van der Waals surface area contributed by atoms with Crippen LogP contribution in [0.5, 0.6) is 5.75 Å². The van der Waals surface area contributed by atoms with Gasteiger partial charge in [-0.1, -0.05) is 18.2 Å². The van der Waals surface area contributed by atoms with E-state index in [1.165, 1.54) is 25.2 Å². The minimum absolute atomic E-state index is 0.0507. The van der Waals surface area contributed by atoms with Gasteiger partial charge in [0, 0.05) is 5.56 Å². The van der Waals surface area contributed by atoms with Crippen molar-refractivity contribution in [3.8, 4) is 5.75 Å². The maximum absolute atomic E-state index is 12.4. The van der Waals surface area contributed by atoms with Gasteiger partial charge in [0.1, 0.15) is 5.75 Å². The molecule has 0 spiro atoms. The van der Waals surface area contributed by atoms with Crippen molar-refractivity contribution in [2.45, 2.75) is 17.9 Å². The Labute approximate surface area is 141 Å². The number of sulfonamides is 1. The summed E-state index contributed by atoms with van der Waals surface area (Å²) < 4.78 is 31.0. The standard InChI is InChI=1S/C17H20N2O4S/c1-12(13-7-9-15(23-3)10-8-13)19-17(20)14-5-4-6-16(11-14)24(21,22)18-2/h4-12,18H,1-3H3,(H,19,20)/t12-/m0/s1. The Morgan fingerprint density at radius 1 is 1.12 bits per heavy atom. The van der Waals surface area contributed by atoms with Gasteiger partial charge in [-0.05, 0) is 49.9 Å². The second-order valence-corrected chi connectivity index (χ2v) is 7.09. The summed E-state index contributed by atoms with van der Waals surface area (Å²) in [4.78, 5) is 12.4. The Morgan fingerprint density at radius 2 is 1.79 bits per heavy atom. The van der Waals surface area contributed by atoms with Gasteiger partial charge < -0.3 is 10.1 Å². The first-order valence-electron chi connectivity index (χ1n) is 7.36. The van der Waals surface area contributed by atoms with Crippen molar-refractivity contribution in [2.24, 2.45) is 0 Å². The Balaban J connectivity index is 2.15. The topological polar surface area (TPSA) is 84.5 Å². The third kappa shape index (κ3) is 4.12. The third-order valence-electron chi connectivity index (χ3n) is 3.64. The molecule has 0 aliphatic rings. The van der Waals surface area contributed by atoms with Gasteiger partial charge in [0.2, 0.25) is 10.0 Å². The number of carbonyl (C=O) groups is 1. The summed E-state index contributed by atoms with van der Waals surface area (Å²) in [6.07, 6.45) is 0. The molecule has 0 saturated heterocycles. The number of hydrogen-bond acceptors (Lipinski definition) is 4. The number of hydrogen-bond donors (Lipinski definition) is 2. The first kappa shape index (κ1) is 18.0. The second-order valence-electron chi connectivity index (χ2n) is 5.20. The molecule has 2 aromatic carbocycles. The quantitative estimate of drug-likeness (QED) is 0.837. The lowest BCUT2D eigenvalue weighted by Gasteiger charge is -2.15. The molecule has 1 atom stereocenters. The molecule has 0 bridgehead atoms. The summed E-state index contributed by atoms with van der Waals surface area (Å²) in [7, 11) is -0.670. The lowest BCUT2D eigenvalue weighted by Crippen LogP contribution is -2.27. The number of nitrogens with one attached hydrogen (secondary N) is 2. The fourth-order valence-electron chi connectivity index (χ4n) is 2.18. The van der Waals surface area contributed by atoms with E-state index in [4.69, 9.17) is 4.74 Å². The number of ether oxygens (including phenoxy) is 1. The summed E-state index contributed by atoms with van der Waals surface area (Å²) in [5, 5.41) is 2.85. The third-order valence-corrected chi connectivity index (χ3v) is 5.05. The molecule has 0 aliphatic carbocycles. The second kappa shape index (κ2) is 7.46. The molecular weight excluding hydrogens is 328 g/mol. The average Bonchev–Trinajstić information content (AvgIpc) is 2.61. The molecule has 0 aromatic heterocycles. The highest BCUT2D eigenvalue weighted by Crippen LogP contribution is 2.18. The Kier molecular flexibility index (Phi) is 5.58. The van der Waals surface area contributed by atoms with E-state index in [2.05, 4.69) is 10.0 Å². The van der Waals surface area contributed by atoms with Crippen LogP contribution >= 0.6 is 0 Å². The van der Waals surface area contributed by atoms with E-state index in [-0.39, 0.29) is 22.4 Å². The maximum atomic E-state index is 12.4. The number of rotatable bonds is 6. The lowest BCUT2D eigenvalue weighted by molar-refractivity contribution is 0.0939. The van der Waals surface area contributed by atoms with Crippen LogP contribution in [0, 0.1) is 0 Å². The van der Waals surface area contributed by atoms with Crippen LogP contribution in [0.25, 0.3) is 0 Å². The molecule has 128 valence electrons. The largest absolute Gasteiger partial charge is 0.497 e. The zero-order valence-corrected chi connectivity index (χ0v) is 14.6. The van der Waals surface area contributed by atoms with Crippen molar-refractivity contribution >= 4 is 15.9 Å². The van der Waals surface area contributed by atoms with Crippen molar-refractivity contribution in [3.63, 3.8) is 0 Å². The van der Waals surface area contributed by atoms with Crippen LogP contribution in [0.3, 0.4) is 0 Å². The Hall–Kier alpha value is -2.38. The van der Waals surface area contributed by atoms with Gasteiger partial charge >= 0.3 is 0 Å². The van der Waals surface area contributed by atoms with Crippen LogP contribution in [0.15, 0.2) is 53.4 Å². The SMILES string of the molecule is CNS(=O)(=O)c1cccc(C(=O)N[C@@H](C)c2ccc(OC)cc2)c1. The van der Waals surface area contributed by atoms with Crippen LogP contribution in [-0.4, -0.2) is 28.5 Å². The average molecular weight is 348 g/mol. The zero-order chi connectivity index (χ0) is 17.7. The summed E-state index contributed by atoms with van der Waals surface area (Å²) in [6.45, 7) is 1.86. The van der Waals surface area contributed by atoms with Crippen LogP contribution in [0.2, 0.25) is 0 Å². The summed E-state index contributed by atoms with van der Waals surface area (Å²) in [5.74, 6) is 0.397. The highest BCUT2D eigenvalue weighted by Gasteiger charge is 2.16. The highest BCUT2D eigenvalue weighted by molar-refractivity contribution is 7.89. The van der Waals surface area contributed by atoms with Gasteiger partial charge in [-0.2, -0.15) is 0 Å². The molecular formula is C17H20N2O4S. The van der Waals surface area contributed by atoms with Crippen LogP contribution < -0.4 is 14.8 Å². The lowest BCUT2D eigenvalue weighted by atomic mass is 10.1.